The van der Waals surface area contributed by atoms with Gasteiger partial charge in [-0.05, 0) is 18.6 Å². The normalized spacial score (nSPS) is 11.5. The van der Waals surface area contributed by atoms with Gasteiger partial charge in [-0.1, -0.05) is 27.2 Å². The largest absolute Gasteiger partial charge is 0.497 e. The number of nitrogens with one attached hydrogen (secondary N) is 1. The van der Waals surface area contributed by atoms with Crippen LogP contribution >= 0.6 is 0 Å². The molecule has 0 amide bonds. The number of hydrogen-bond donors (Lipinski definition) is 1. The van der Waals surface area contributed by atoms with Gasteiger partial charge in [-0.3, -0.25) is 0 Å². The Morgan fingerprint density at radius 1 is 1.33 bits per heavy atom. The topological polar surface area (TPSA) is 39.1 Å². The molecule has 4 heteroatoms. The van der Waals surface area contributed by atoms with Crippen LogP contribution in [0, 0.1) is 0 Å². The van der Waals surface area contributed by atoms with Crippen molar-refractivity contribution in [2.45, 2.75) is 52.6 Å². The van der Waals surface area contributed by atoms with Crippen molar-refractivity contribution in [1.29, 1.82) is 0 Å². The summed E-state index contributed by atoms with van der Waals surface area (Å²) in [6.07, 6.45) is 3.33. The first-order valence-electron chi connectivity index (χ1n) is 7.92. The van der Waals surface area contributed by atoms with Crippen LogP contribution in [0.1, 0.15) is 39.4 Å². The van der Waals surface area contributed by atoms with E-state index in [0.717, 1.165) is 30.8 Å². The molecule has 1 N–H and O–H groups in total. The quantitative estimate of drug-likeness (QED) is 0.809. The zero-order valence-corrected chi connectivity index (χ0v) is 13.6. The van der Waals surface area contributed by atoms with Crippen LogP contribution in [-0.2, 0) is 13.0 Å². The molecule has 21 heavy (non-hydrogen) atoms. The molecule has 0 aliphatic heterocycles. The van der Waals surface area contributed by atoms with Crippen molar-refractivity contribution in [3.63, 3.8) is 0 Å². The molecule has 4 nitrogen and oxygen atoms in total. The smallest absolute Gasteiger partial charge is 0.121 e. The van der Waals surface area contributed by atoms with Gasteiger partial charge in [-0.2, -0.15) is 0 Å². The Morgan fingerprint density at radius 2 is 2.14 bits per heavy atom. The second-order valence-electron chi connectivity index (χ2n) is 5.75. The zero-order chi connectivity index (χ0) is 15.2. The molecular formula is C17H27N3O. The van der Waals surface area contributed by atoms with Gasteiger partial charge in [0.15, 0.2) is 0 Å². The highest BCUT2D eigenvalue weighted by molar-refractivity contribution is 5.77. The Bertz CT molecular complexity index is 575. The fraction of sp³-hybridized carbons (Fsp3) is 0.588. The molecule has 0 saturated heterocycles. The average Bonchev–Trinajstić information content (AvgIpc) is 2.81. The number of hydrogen-bond acceptors (Lipinski definition) is 3. The lowest BCUT2D eigenvalue weighted by atomic mass is 10.2. The summed E-state index contributed by atoms with van der Waals surface area (Å²) in [5, 5.41) is 3.47. The van der Waals surface area contributed by atoms with Gasteiger partial charge in [0.25, 0.3) is 0 Å². The van der Waals surface area contributed by atoms with Gasteiger partial charge in [0.2, 0.25) is 0 Å². The molecule has 1 aromatic carbocycles. The minimum atomic E-state index is 0.513. The number of ether oxygens (including phenoxy) is 1. The number of methoxy groups -OCH3 is 1. The highest BCUT2D eigenvalue weighted by atomic mass is 16.5. The molecule has 0 unspecified atom stereocenters. The van der Waals surface area contributed by atoms with E-state index < -0.39 is 0 Å². The van der Waals surface area contributed by atoms with E-state index in [1.807, 2.05) is 12.1 Å². The molecule has 0 fully saturated rings. The number of aryl methyl sites for hydroxylation is 1. The number of fused-ring (bicyclic) bond motifs is 1. The summed E-state index contributed by atoms with van der Waals surface area (Å²) >= 11 is 0. The minimum absolute atomic E-state index is 0.513. The molecule has 1 heterocycles. The SMILES string of the molecule is CCCCn1c(CCNC(C)C)nc2cc(OC)ccc21. The summed E-state index contributed by atoms with van der Waals surface area (Å²) in [7, 11) is 1.70. The first kappa shape index (κ1) is 15.8. The van der Waals surface area contributed by atoms with E-state index in [-0.39, 0.29) is 0 Å². The van der Waals surface area contributed by atoms with Gasteiger partial charge >= 0.3 is 0 Å². The highest BCUT2D eigenvalue weighted by Gasteiger charge is 2.11. The third-order valence-corrected chi connectivity index (χ3v) is 3.67. The maximum Gasteiger partial charge on any atom is 0.121 e. The van der Waals surface area contributed by atoms with Gasteiger partial charge in [0, 0.05) is 31.6 Å². The third-order valence-electron chi connectivity index (χ3n) is 3.67. The molecule has 0 aliphatic rings. The number of imidazole rings is 1. The van der Waals surface area contributed by atoms with E-state index in [0.29, 0.717) is 6.04 Å². The lowest BCUT2D eigenvalue weighted by Crippen LogP contribution is -2.25. The Morgan fingerprint density at radius 3 is 2.81 bits per heavy atom. The van der Waals surface area contributed by atoms with Crippen molar-refractivity contribution in [3.8, 4) is 5.75 Å². The van der Waals surface area contributed by atoms with E-state index >= 15 is 0 Å². The van der Waals surface area contributed by atoms with Crippen molar-refractivity contribution < 1.29 is 4.74 Å². The van der Waals surface area contributed by atoms with Gasteiger partial charge in [0.1, 0.15) is 11.6 Å². The van der Waals surface area contributed by atoms with E-state index in [2.05, 4.69) is 36.7 Å². The molecule has 0 atom stereocenters. The molecule has 116 valence electrons. The van der Waals surface area contributed by atoms with Crippen molar-refractivity contribution in [1.82, 2.24) is 14.9 Å². The average molecular weight is 289 g/mol. The third kappa shape index (κ3) is 3.97. The second kappa shape index (κ2) is 7.46. The predicted octanol–water partition coefficient (Wildman–Crippen LogP) is 3.39. The van der Waals surface area contributed by atoms with Gasteiger partial charge in [0.05, 0.1) is 18.1 Å². The molecule has 0 spiro atoms. The molecule has 0 bridgehead atoms. The summed E-state index contributed by atoms with van der Waals surface area (Å²) in [5.41, 5.74) is 2.24. The van der Waals surface area contributed by atoms with Gasteiger partial charge < -0.3 is 14.6 Å². The fourth-order valence-electron chi connectivity index (χ4n) is 2.52. The lowest BCUT2D eigenvalue weighted by molar-refractivity contribution is 0.415. The lowest BCUT2D eigenvalue weighted by Gasteiger charge is -2.10. The highest BCUT2D eigenvalue weighted by Crippen LogP contribution is 2.22. The number of aromatic nitrogens is 2. The van der Waals surface area contributed by atoms with E-state index in [1.165, 1.54) is 24.2 Å². The Kier molecular flexibility index (Phi) is 5.62. The van der Waals surface area contributed by atoms with Crippen LogP contribution in [0.2, 0.25) is 0 Å². The molecule has 0 saturated carbocycles. The van der Waals surface area contributed by atoms with Crippen LogP contribution in [0.3, 0.4) is 0 Å². The second-order valence-corrected chi connectivity index (χ2v) is 5.75. The summed E-state index contributed by atoms with van der Waals surface area (Å²) in [6, 6.07) is 6.68. The Labute approximate surface area is 127 Å². The van der Waals surface area contributed by atoms with Crippen LogP contribution in [-0.4, -0.2) is 29.2 Å². The van der Waals surface area contributed by atoms with Crippen molar-refractivity contribution >= 4 is 11.0 Å². The van der Waals surface area contributed by atoms with E-state index in [1.54, 1.807) is 7.11 Å². The minimum Gasteiger partial charge on any atom is -0.497 e. The van der Waals surface area contributed by atoms with E-state index in [4.69, 9.17) is 9.72 Å². The van der Waals surface area contributed by atoms with E-state index in [9.17, 15) is 0 Å². The Hall–Kier alpha value is -1.55. The van der Waals surface area contributed by atoms with Crippen LogP contribution in [0.5, 0.6) is 5.75 Å². The van der Waals surface area contributed by atoms with Crippen molar-refractivity contribution in [2.24, 2.45) is 0 Å². The maximum absolute atomic E-state index is 5.30. The van der Waals surface area contributed by atoms with Crippen LogP contribution in [0.15, 0.2) is 18.2 Å². The van der Waals surface area contributed by atoms with Gasteiger partial charge in [-0.25, -0.2) is 4.98 Å². The Balaban J connectivity index is 2.27. The van der Waals surface area contributed by atoms with Crippen molar-refractivity contribution in [3.05, 3.63) is 24.0 Å². The fourth-order valence-corrected chi connectivity index (χ4v) is 2.52. The number of benzene rings is 1. The first-order chi connectivity index (χ1) is 10.2. The summed E-state index contributed by atoms with van der Waals surface area (Å²) in [6.45, 7) is 8.57. The van der Waals surface area contributed by atoms with Gasteiger partial charge in [-0.15, -0.1) is 0 Å². The summed E-state index contributed by atoms with van der Waals surface area (Å²) in [5.74, 6) is 2.04. The van der Waals surface area contributed by atoms with Crippen LogP contribution in [0.25, 0.3) is 11.0 Å². The molecule has 0 aliphatic carbocycles. The summed E-state index contributed by atoms with van der Waals surface area (Å²) in [4.78, 5) is 4.81. The molecule has 1 aromatic heterocycles. The van der Waals surface area contributed by atoms with Crippen LogP contribution in [0.4, 0.5) is 0 Å². The molecular weight excluding hydrogens is 262 g/mol. The first-order valence-corrected chi connectivity index (χ1v) is 7.92. The number of nitrogens with zero attached hydrogens (tertiary/aromatic N) is 2. The van der Waals surface area contributed by atoms with Crippen molar-refractivity contribution in [2.75, 3.05) is 13.7 Å². The molecule has 2 rings (SSSR count). The number of rotatable bonds is 8. The maximum atomic E-state index is 5.30. The predicted molar refractivity (Wildman–Crippen MR) is 88.0 cm³/mol. The van der Waals surface area contributed by atoms with Crippen LogP contribution < -0.4 is 10.1 Å². The summed E-state index contributed by atoms with van der Waals surface area (Å²) < 4.78 is 7.66. The molecule has 0 radical (unpaired) electrons. The monoisotopic (exact) mass is 289 g/mol. The number of unbranched alkanes of at least 4 members (excludes halogenated alkanes) is 1. The zero-order valence-electron chi connectivity index (χ0n) is 13.6. The standard InChI is InChI=1S/C17H27N3O/c1-5-6-11-20-16-8-7-14(21-4)12-15(16)19-17(20)9-10-18-13(2)3/h7-8,12-13,18H,5-6,9-11H2,1-4H3. The molecule has 2 aromatic rings.